The summed E-state index contributed by atoms with van der Waals surface area (Å²) < 4.78 is 58.6. The number of thiazole rings is 1. The first-order valence-corrected chi connectivity index (χ1v) is 15.3. The van der Waals surface area contributed by atoms with Crippen molar-refractivity contribution in [2.24, 2.45) is 10.9 Å². The molecule has 7 nitrogen and oxygen atoms in total. The molecule has 0 spiro atoms. The summed E-state index contributed by atoms with van der Waals surface area (Å²) in [7, 11) is 0. The van der Waals surface area contributed by atoms with Crippen molar-refractivity contribution < 1.29 is 27.1 Å². The van der Waals surface area contributed by atoms with Crippen molar-refractivity contribution in [1.29, 1.82) is 0 Å². The largest absolute Gasteiger partial charge is 0.573 e. The lowest BCUT2D eigenvalue weighted by Crippen LogP contribution is -2.18. The van der Waals surface area contributed by atoms with E-state index < -0.39 is 6.36 Å². The van der Waals surface area contributed by atoms with Gasteiger partial charge in [-0.2, -0.15) is 4.99 Å². The van der Waals surface area contributed by atoms with Gasteiger partial charge in [0, 0.05) is 23.1 Å². The highest BCUT2D eigenvalue weighted by molar-refractivity contribution is 7.07. The molecule has 232 valence electrons. The van der Waals surface area contributed by atoms with E-state index >= 15 is 0 Å². The molecule has 0 N–H and O–H groups in total. The number of carbonyl (C=O) groups is 1. The molecule has 1 amide bonds. The molecule has 1 fully saturated rings. The number of aromatic nitrogens is 4. The maximum atomic E-state index is 14.0. The summed E-state index contributed by atoms with van der Waals surface area (Å²) in [6.45, 7) is 5.96. The van der Waals surface area contributed by atoms with Crippen molar-refractivity contribution in [3.8, 4) is 28.5 Å². The normalized spacial score (nSPS) is 16.8. The highest BCUT2D eigenvalue weighted by Gasteiger charge is 2.39. The number of hydrogen-bond donors (Lipinski definition) is 0. The molecule has 45 heavy (non-hydrogen) atoms. The van der Waals surface area contributed by atoms with E-state index in [1.165, 1.54) is 58.7 Å². The second-order valence-corrected chi connectivity index (χ2v) is 12.2. The number of hydrogen-bond acceptors (Lipinski definition) is 5. The van der Waals surface area contributed by atoms with Crippen LogP contribution in [-0.2, 0) is 4.79 Å². The second kappa shape index (κ2) is 12.1. The summed E-state index contributed by atoms with van der Waals surface area (Å²) in [6, 6.07) is 17.9. The van der Waals surface area contributed by atoms with E-state index in [1.54, 1.807) is 6.07 Å². The lowest BCUT2D eigenvalue weighted by Gasteiger charge is -2.15. The van der Waals surface area contributed by atoms with Gasteiger partial charge < -0.3 is 4.74 Å². The fourth-order valence-corrected chi connectivity index (χ4v) is 6.30. The Bertz CT molecular complexity index is 1910. The number of amides is 1. The SMILES string of the molecule is Cc1csc(=NC(=O)CC2CC2c2ccc(-c3ncn(-c4ccc(OC(F)(F)F)cc4)n3)cc2)n1-c1ccc(F)cc1C(C)C. The summed E-state index contributed by atoms with van der Waals surface area (Å²) in [5, 5.41) is 6.40. The highest BCUT2D eigenvalue weighted by Crippen LogP contribution is 2.49. The number of halogens is 4. The lowest BCUT2D eigenvalue weighted by molar-refractivity contribution is -0.274. The molecule has 2 unspecified atom stereocenters. The smallest absolute Gasteiger partial charge is 0.406 e. The Labute approximate surface area is 260 Å². The molecule has 2 heterocycles. The molecule has 0 aliphatic heterocycles. The molecule has 2 atom stereocenters. The van der Waals surface area contributed by atoms with Gasteiger partial charge in [-0.3, -0.25) is 9.36 Å². The zero-order valence-corrected chi connectivity index (χ0v) is 25.4. The molecule has 6 rings (SSSR count). The third-order valence-electron chi connectivity index (χ3n) is 7.73. The number of nitrogens with zero attached hydrogens (tertiary/aromatic N) is 5. The van der Waals surface area contributed by atoms with Gasteiger partial charge in [-0.1, -0.05) is 38.1 Å². The summed E-state index contributed by atoms with van der Waals surface area (Å²) in [6.07, 6.45) is -2.04. The van der Waals surface area contributed by atoms with Crippen LogP contribution >= 0.6 is 11.3 Å². The van der Waals surface area contributed by atoms with Gasteiger partial charge in [-0.25, -0.2) is 14.1 Å². The van der Waals surface area contributed by atoms with E-state index in [2.05, 4.69) is 19.8 Å². The van der Waals surface area contributed by atoms with E-state index in [-0.39, 0.29) is 35.2 Å². The maximum absolute atomic E-state index is 14.0. The number of carbonyl (C=O) groups excluding carboxylic acids is 1. The molecule has 0 bridgehead atoms. The third-order valence-corrected chi connectivity index (χ3v) is 8.68. The number of benzene rings is 3. The maximum Gasteiger partial charge on any atom is 0.573 e. The van der Waals surface area contributed by atoms with Crippen LogP contribution in [0.15, 0.2) is 83.4 Å². The van der Waals surface area contributed by atoms with Crippen LogP contribution < -0.4 is 9.54 Å². The summed E-state index contributed by atoms with van der Waals surface area (Å²) in [5.41, 5.74) is 5.05. The zero-order chi connectivity index (χ0) is 31.9. The minimum Gasteiger partial charge on any atom is -0.406 e. The van der Waals surface area contributed by atoms with Crippen molar-refractivity contribution in [2.45, 2.75) is 51.8 Å². The monoisotopic (exact) mass is 635 g/mol. The molecule has 1 saturated carbocycles. The third kappa shape index (κ3) is 6.90. The van der Waals surface area contributed by atoms with Gasteiger partial charge >= 0.3 is 6.36 Å². The van der Waals surface area contributed by atoms with E-state index in [0.29, 0.717) is 22.7 Å². The van der Waals surface area contributed by atoms with Crippen molar-refractivity contribution in [3.63, 3.8) is 0 Å². The van der Waals surface area contributed by atoms with E-state index in [0.717, 1.165) is 34.5 Å². The minimum atomic E-state index is -4.75. The molecular formula is C33H29F4N5O2S. The van der Waals surface area contributed by atoms with Crippen LogP contribution in [0.25, 0.3) is 22.8 Å². The van der Waals surface area contributed by atoms with Gasteiger partial charge in [-0.15, -0.1) is 29.6 Å². The molecule has 5 aromatic rings. The topological polar surface area (TPSA) is 74.3 Å². The highest BCUT2D eigenvalue weighted by atomic mass is 32.1. The summed E-state index contributed by atoms with van der Waals surface area (Å²) >= 11 is 1.39. The van der Waals surface area contributed by atoms with Crippen LogP contribution in [0.2, 0.25) is 0 Å². The molecular weight excluding hydrogens is 606 g/mol. The van der Waals surface area contributed by atoms with Crippen LogP contribution in [0, 0.1) is 18.7 Å². The quantitative estimate of drug-likeness (QED) is 0.163. The predicted octanol–water partition coefficient (Wildman–Crippen LogP) is 7.88. The first kappa shape index (κ1) is 30.4. The van der Waals surface area contributed by atoms with E-state index in [4.69, 9.17) is 0 Å². The molecule has 0 radical (unpaired) electrons. The van der Waals surface area contributed by atoms with Crippen LogP contribution in [0.5, 0.6) is 5.75 Å². The van der Waals surface area contributed by atoms with Gasteiger partial charge in [0.2, 0.25) is 5.91 Å². The van der Waals surface area contributed by atoms with Gasteiger partial charge in [0.15, 0.2) is 10.6 Å². The fourth-order valence-electron chi connectivity index (χ4n) is 5.41. The summed E-state index contributed by atoms with van der Waals surface area (Å²) in [5.74, 6) is 0.222. The van der Waals surface area contributed by atoms with E-state index in [1.807, 2.05) is 55.0 Å². The standard InChI is InChI=1S/C33H29F4N5O2S/c1-19(2)27-16-24(34)8-13-29(27)42-20(3)17-45-32(42)39-30(43)15-23-14-28(23)21-4-6-22(7-5-21)31-38-18-41(40-31)25-9-11-26(12-10-25)44-33(35,36)37/h4-13,16-19,23,28H,14-15H2,1-3H3. The van der Waals surface area contributed by atoms with Crippen molar-refractivity contribution in [3.05, 3.63) is 106 Å². The second-order valence-electron chi connectivity index (χ2n) is 11.3. The molecule has 2 aromatic heterocycles. The average Bonchev–Trinajstić information content (AvgIpc) is 3.39. The lowest BCUT2D eigenvalue weighted by atomic mass is 10.0. The van der Waals surface area contributed by atoms with Crippen LogP contribution in [0.4, 0.5) is 17.6 Å². The number of aryl methyl sites for hydroxylation is 1. The van der Waals surface area contributed by atoms with Crippen molar-refractivity contribution in [1.82, 2.24) is 19.3 Å². The Hall–Kier alpha value is -4.58. The molecule has 3 aromatic carbocycles. The van der Waals surface area contributed by atoms with Gasteiger partial charge in [0.05, 0.1) is 11.4 Å². The average molecular weight is 636 g/mol. The van der Waals surface area contributed by atoms with Gasteiger partial charge in [0.25, 0.3) is 0 Å². The van der Waals surface area contributed by atoms with Crippen molar-refractivity contribution in [2.75, 3.05) is 0 Å². The Kier molecular flexibility index (Phi) is 8.17. The Balaban J connectivity index is 1.11. The van der Waals surface area contributed by atoms with Crippen LogP contribution in [0.1, 0.15) is 55.3 Å². The zero-order valence-electron chi connectivity index (χ0n) is 24.6. The van der Waals surface area contributed by atoms with Crippen molar-refractivity contribution >= 4 is 17.2 Å². The molecule has 0 saturated heterocycles. The van der Waals surface area contributed by atoms with Gasteiger partial charge in [0.1, 0.15) is 17.9 Å². The Morgan fingerprint density at radius 1 is 1.09 bits per heavy atom. The fraction of sp³-hybridized carbons (Fsp3) is 0.273. The van der Waals surface area contributed by atoms with E-state index in [9.17, 15) is 22.4 Å². The molecule has 1 aliphatic carbocycles. The minimum absolute atomic E-state index is 0.0960. The first-order chi connectivity index (χ1) is 21.4. The Morgan fingerprint density at radius 2 is 1.82 bits per heavy atom. The van der Waals surface area contributed by atoms with Crippen LogP contribution in [-0.4, -0.2) is 31.6 Å². The number of ether oxygens (including phenoxy) is 1. The predicted molar refractivity (Wildman–Crippen MR) is 162 cm³/mol. The Morgan fingerprint density at radius 3 is 2.51 bits per heavy atom. The summed E-state index contributed by atoms with van der Waals surface area (Å²) in [4.78, 5) is 22.4. The number of rotatable bonds is 8. The first-order valence-electron chi connectivity index (χ1n) is 14.4. The number of alkyl halides is 3. The van der Waals surface area contributed by atoms with Crippen LogP contribution in [0.3, 0.4) is 0 Å². The molecule has 12 heteroatoms. The van der Waals surface area contributed by atoms with Gasteiger partial charge in [-0.05, 0) is 84.7 Å². The molecule has 1 aliphatic rings.